The maximum absolute atomic E-state index is 11.3. The van der Waals surface area contributed by atoms with Crippen molar-refractivity contribution in [3.05, 3.63) is 55.8 Å². The topological polar surface area (TPSA) is 78.6 Å². The summed E-state index contributed by atoms with van der Waals surface area (Å²) in [5.74, 6) is -0.216. The Kier molecular flexibility index (Phi) is 8.11. The zero-order chi connectivity index (χ0) is 16.4. The van der Waals surface area contributed by atoms with Gasteiger partial charge in [-0.3, -0.25) is 15.0 Å². The summed E-state index contributed by atoms with van der Waals surface area (Å²) < 4.78 is 0. The molecule has 1 fully saturated rings. The maximum Gasteiger partial charge on any atom is 0.313 e. The Morgan fingerprint density at radius 1 is 1.28 bits per heavy atom. The predicted molar refractivity (Wildman–Crippen MR) is 105 cm³/mol. The lowest BCUT2D eigenvalue weighted by Gasteiger charge is -2.35. The van der Waals surface area contributed by atoms with Gasteiger partial charge >= 0.3 is 5.69 Å². The normalized spacial score (nSPS) is 15.7. The monoisotopic (exact) mass is 405 g/mol. The van der Waals surface area contributed by atoms with Crippen LogP contribution >= 0.6 is 36.2 Å². The van der Waals surface area contributed by atoms with E-state index in [-0.39, 0.29) is 42.3 Å². The number of benzene rings is 1. The fourth-order valence-electron chi connectivity index (χ4n) is 3.06. The van der Waals surface area contributed by atoms with Gasteiger partial charge in [-0.25, -0.2) is 0 Å². The Hall–Kier alpha value is -1.38. The average Bonchev–Trinajstić information content (AvgIpc) is 3.05. The van der Waals surface area contributed by atoms with E-state index < -0.39 is 4.92 Å². The Labute approximate surface area is 162 Å². The zero-order valence-corrected chi connectivity index (χ0v) is 16.1. The molecule has 6 nitrogen and oxygen atoms in total. The van der Waals surface area contributed by atoms with Crippen molar-refractivity contribution in [1.29, 1.82) is 0 Å². The Balaban J connectivity index is 0.00000156. The number of nitrogens with zero attached hydrogens (tertiary/aromatic N) is 2. The van der Waals surface area contributed by atoms with E-state index in [2.05, 4.69) is 10.2 Å². The summed E-state index contributed by atoms with van der Waals surface area (Å²) in [6, 6.07) is 7.36. The van der Waals surface area contributed by atoms with Crippen LogP contribution in [0.3, 0.4) is 0 Å². The summed E-state index contributed by atoms with van der Waals surface area (Å²) in [7, 11) is 0. The van der Waals surface area contributed by atoms with Crippen molar-refractivity contribution in [3.63, 3.8) is 0 Å². The van der Waals surface area contributed by atoms with Crippen molar-refractivity contribution in [3.8, 4) is 5.75 Å². The molecule has 0 amide bonds. The molecule has 2 heterocycles. The number of nitro groups is 1. The van der Waals surface area contributed by atoms with Gasteiger partial charge in [0, 0.05) is 42.2 Å². The van der Waals surface area contributed by atoms with Crippen LogP contribution in [0, 0.1) is 17.0 Å². The minimum atomic E-state index is -0.503. The summed E-state index contributed by atoms with van der Waals surface area (Å²) >= 11 is 1.60. The van der Waals surface area contributed by atoms with E-state index in [1.807, 2.05) is 23.6 Å². The highest BCUT2D eigenvalue weighted by Gasteiger charge is 2.31. The van der Waals surface area contributed by atoms with Gasteiger partial charge in [-0.2, -0.15) is 0 Å². The van der Waals surface area contributed by atoms with Crippen LogP contribution in [0.4, 0.5) is 5.69 Å². The number of phenols is 1. The first-order valence-electron chi connectivity index (χ1n) is 7.54. The average molecular weight is 406 g/mol. The predicted octanol–water partition coefficient (Wildman–Crippen LogP) is 3.51. The van der Waals surface area contributed by atoms with Gasteiger partial charge in [-0.15, -0.1) is 36.2 Å². The summed E-state index contributed by atoms with van der Waals surface area (Å²) in [4.78, 5) is 14.1. The molecule has 1 atom stereocenters. The number of halogens is 2. The number of hydrogen-bond donors (Lipinski definition) is 2. The van der Waals surface area contributed by atoms with E-state index in [0.717, 1.165) is 31.1 Å². The highest BCUT2D eigenvalue weighted by molar-refractivity contribution is 7.10. The van der Waals surface area contributed by atoms with Gasteiger partial charge in [-0.05, 0) is 18.4 Å². The highest BCUT2D eigenvalue weighted by Crippen LogP contribution is 2.42. The second-order valence-electron chi connectivity index (χ2n) is 5.63. The molecule has 0 saturated carbocycles. The van der Waals surface area contributed by atoms with Gasteiger partial charge in [0.1, 0.15) is 0 Å². The van der Waals surface area contributed by atoms with Gasteiger partial charge in [0.25, 0.3) is 0 Å². The number of thiophene rings is 1. The van der Waals surface area contributed by atoms with E-state index in [1.165, 1.54) is 0 Å². The third-order valence-corrected chi connectivity index (χ3v) is 5.12. The first-order chi connectivity index (χ1) is 11.1. The molecule has 9 heteroatoms. The highest BCUT2D eigenvalue weighted by atomic mass is 35.5. The SMILES string of the molecule is Cc1ccc([C@H](c2cccs2)N2CCNCC2)c(O)c1[N+](=O)[O-].Cl.Cl. The minimum Gasteiger partial charge on any atom is -0.502 e. The summed E-state index contributed by atoms with van der Waals surface area (Å²) in [6.07, 6.45) is 0. The summed E-state index contributed by atoms with van der Waals surface area (Å²) in [5.41, 5.74) is 0.882. The number of aryl methyl sites for hydroxylation is 1. The van der Waals surface area contributed by atoms with Crippen LogP contribution in [0.15, 0.2) is 29.6 Å². The van der Waals surface area contributed by atoms with Gasteiger partial charge in [-0.1, -0.05) is 18.2 Å². The number of aromatic hydroxyl groups is 1. The smallest absolute Gasteiger partial charge is 0.313 e. The number of nitrogens with one attached hydrogen (secondary N) is 1. The van der Waals surface area contributed by atoms with Crippen LogP contribution in [0.1, 0.15) is 22.0 Å². The fraction of sp³-hybridized carbons (Fsp3) is 0.375. The van der Waals surface area contributed by atoms with Crippen LogP contribution in [-0.2, 0) is 0 Å². The lowest BCUT2D eigenvalue weighted by molar-refractivity contribution is -0.386. The van der Waals surface area contributed by atoms with E-state index in [9.17, 15) is 15.2 Å². The molecular formula is C16H21Cl2N3O3S. The molecule has 1 saturated heterocycles. The van der Waals surface area contributed by atoms with Crippen molar-refractivity contribution in [1.82, 2.24) is 10.2 Å². The van der Waals surface area contributed by atoms with E-state index in [0.29, 0.717) is 11.1 Å². The van der Waals surface area contributed by atoms with Crippen molar-refractivity contribution < 1.29 is 10.0 Å². The summed E-state index contributed by atoms with van der Waals surface area (Å²) in [6.45, 7) is 5.06. The second-order valence-corrected chi connectivity index (χ2v) is 6.61. The minimum absolute atomic E-state index is 0. The van der Waals surface area contributed by atoms with Crippen LogP contribution in [0.2, 0.25) is 0 Å². The van der Waals surface area contributed by atoms with Crippen LogP contribution in [0.25, 0.3) is 0 Å². The van der Waals surface area contributed by atoms with E-state index in [1.54, 1.807) is 24.3 Å². The molecule has 2 aromatic rings. The van der Waals surface area contributed by atoms with Crippen molar-refractivity contribution in [2.24, 2.45) is 0 Å². The van der Waals surface area contributed by atoms with Crippen molar-refractivity contribution in [2.45, 2.75) is 13.0 Å². The first kappa shape index (κ1) is 21.7. The Morgan fingerprint density at radius 3 is 2.52 bits per heavy atom. The van der Waals surface area contributed by atoms with E-state index >= 15 is 0 Å². The molecule has 1 aromatic carbocycles. The molecule has 25 heavy (non-hydrogen) atoms. The lowest BCUT2D eigenvalue weighted by atomic mass is 9.98. The number of rotatable bonds is 4. The number of hydrogen-bond acceptors (Lipinski definition) is 6. The van der Waals surface area contributed by atoms with Gasteiger partial charge in [0.15, 0.2) is 5.75 Å². The van der Waals surface area contributed by atoms with Crippen LogP contribution < -0.4 is 5.32 Å². The molecule has 1 aromatic heterocycles. The molecule has 0 spiro atoms. The maximum atomic E-state index is 11.3. The molecule has 1 aliphatic heterocycles. The van der Waals surface area contributed by atoms with E-state index in [4.69, 9.17) is 0 Å². The summed E-state index contributed by atoms with van der Waals surface area (Å²) in [5, 5.41) is 27.2. The fourth-order valence-corrected chi connectivity index (χ4v) is 3.94. The Bertz CT molecular complexity index is 707. The molecule has 1 aliphatic rings. The van der Waals surface area contributed by atoms with Crippen molar-refractivity contribution >= 4 is 41.8 Å². The van der Waals surface area contributed by atoms with Gasteiger partial charge in [0.05, 0.1) is 11.0 Å². The molecule has 0 radical (unpaired) electrons. The van der Waals surface area contributed by atoms with Crippen LogP contribution in [-0.4, -0.2) is 41.1 Å². The molecular weight excluding hydrogens is 385 g/mol. The molecule has 0 bridgehead atoms. The van der Waals surface area contributed by atoms with Crippen LogP contribution in [0.5, 0.6) is 5.75 Å². The largest absolute Gasteiger partial charge is 0.502 e. The third kappa shape index (κ3) is 4.43. The number of phenolic OH excluding ortho intramolecular Hbond substituents is 1. The third-order valence-electron chi connectivity index (χ3n) is 4.19. The molecule has 3 rings (SSSR count). The molecule has 138 valence electrons. The quantitative estimate of drug-likeness (QED) is 0.600. The zero-order valence-electron chi connectivity index (χ0n) is 13.7. The van der Waals surface area contributed by atoms with Gasteiger partial charge < -0.3 is 10.4 Å². The first-order valence-corrected chi connectivity index (χ1v) is 8.42. The van der Waals surface area contributed by atoms with Gasteiger partial charge in [0.2, 0.25) is 0 Å². The molecule has 2 N–H and O–H groups in total. The van der Waals surface area contributed by atoms with Crippen molar-refractivity contribution in [2.75, 3.05) is 26.2 Å². The lowest BCUT2D eigenvalue weighted by Crippen LogP contribution is -2.45. The standard InChI is InChI=1S/C16H19N3O3S.2ClH/c1-11-4-5-12(16(20)14(11)19(21)22)15(13-3-2-10-23-13)18-8-6-17-7-9-18;;/h2-5,10,15,17,20H,6-9H2,1H3;2*1H/t15-;;/m1../s1. The Morgan fingerprint density at radius 2 is 1.96 bits per heavy atom. The molecule has 0 unspecified atom stereocenters. The second kappa shape index (κ2) is 9.35. The number of nitro benzene ring substituents is 1. The molecule has 0 aliphatic carbocycles. The number of piperazine rings is 1.